The Bertz CT molecular complexity index is 793. The summed E-state index contributed by atoms with van der Waals surface area (Å²) in [6.45, 7) is 1.51. The molecule has 1 aromatic carbocycles. The first-order valence-corrected chi connectivity index (χ1v) is 9.37. The number of nitrogens with one attached hydrogen (secondary N) is 1. The predicted octanol–water partition coefficient (Wildman–Crippen LogP) is 1.87. The number of pyridine rings is 1. The maximum absolute atomic E-state index is 12.3. The minimum absolute atomic E-state index is 0.0346. The summed E-state index contributed by atoms with van der Waals surface area (Å²) in [5, 5.41) is 13.7. The molecule has 26 heavy (non-hydrogen) atoms. The number of aliphatic hydroxyl groups is 1. The number of amides is 1. The van der Waals surface area contributed by atoms with E-state index in [2.05, 4.69) is 33.4 Å². The summed E-state index contributed by atoms with van der Waals surface area (Å²) in [4.78, 5) is 18.7. The Morgan fingerprint density at radius 1 is 1.23 bits per heavy atom. The number of carbonyl (C=O) groups excluding carboxylic acids is 1. The second kappa shape index (κ2) is 7.08. The third-order valence-corrected chi connectivity index (χ3v) is 5.45. The number of β-amino-alcohol motifs (C(OH)–C–C–N with tert-alkyl or cyclic N) is 1. The maximum Gasteiger partial charge on any atom is 0.224 e. The Hall–Kier alpha value is -2.40. The number of anilines is 1. The van der Waals surface area contributed by atoms with E-state index in [-0.39, 0.29) is 12.5 Å². The summed E-state index contributed by atoms with van der Waals surface area (Å²) >= 11 is 0. The van der Waals surface area contributed by atoms with Crippen LogP contribution in [0.25, 0.3) is 0 Å². The largest absolute Gasteiger partial charge is 0.386 e. The van der Waals surface area contributed by atoms with Crippen LogP contribution >= 0.6 is 0 Å². The average Bonchev–Trinajstić information content (AvgIpc) is 3.28. The minimum atomic E-state index is -0.898. The van der Waals surface area contributed by atoms with Crippen LogP contribution in [0.2, 0.25) is 0 Å². The molecule has 0 unspecified atom stereocenters. The summed E-state index contributed by atoms with van der Waals surface area (Å²) < 4.78 is 0. The normalized spacial score (nSPS) is 21.7. The van der Waals surface area contributed by atoms with Crippen LogP contribution in [-0.2, 0) is 24.1 Å². The number of carbonyl (C=O) groups is 1. The minimum Gasteiger partial charge on any atom is -0.386 e. The number of hydrogen-bond donors (Lipinski definition) is 2. The van der Waals surface area contributed by atoms with E-state index in [0.29, 0.717) is 19.4 Å². The molecular weight excluding hydrogens is 326 g/mol. The third kappa shape index (κ3) is 3.73. The number of rotatable bonds is 5. The van der Waals surface area contributed by atoms with Crippen molar-refractivity contribution in [1.82, 2.24) is 10.3 Å². The number of hydrogen-bond acceptors (Lipinski definition) is 4. The van der Waals surface area contributed by atoms with Gasteiger partial charge in [0.15, 0.2) is 0 Å². The van der Waals surface area contributed by atoms with E-state index in [0.717, 1.165) is 30.8 Å². The molecule has 1 aliphatic heterocycles. The van der Waals surface area contributed by atoms with Crippen molar-refractivity contribution >= 4 is 11.7 Å². The van der Waals surface area contributed by atoms with Crippen LogP contribution in [0.5, 0.6) is 0 Å². The van der Waals surface area contributed by atoms with Gasteiger partial charge < -0.3 is 15.3 Å². The third-order valence-electron chi connectivity index (χ3n) is 5.45. The second-order valence-corrected chi connectivity index (χ2v) is 7.49. The first-order valence-electron chi connectivity index (χ1n) is 9.37. The van der Waals surface area contributed by atoms with Crippen molar-refractivity contribution in [3.8, 4) is 0 Å². The molecule has 2 N–H and O–H groups in total. The molecule has 1 saturated heterocycles. The van der Waals surface area contributed by atoms with Crippen molar-refractivity contribution in [2.45, 2.75) is 37.7 Å². The van der Waals surface area contributed by atoms with Crippen molar-refractivity contribution in [3.63, 3.8) is 0 Å². The maximum atomic E-state index is 12.3. The smallest absolute Gasteiger partial charge is 0.224 e. The molecule has 2 aliphatic rings. The predicted molar refractivity (Wildman–Crippen MR) is 101 cm³/mol. The molecule has 136 valence electrons. The van der Waals surface area contributed by atoms with Gasteiger partial charge in [-0.15, -0.1) is 0 Å². The number of fused-ring (bicyclic) bond motifs is 1. The van der Waals surface area contributed by atoms with Gasteiger partial charge in [-0.3, -0.25) is 4.79 Å². The molecule has 1 fully saturated rings. The quantitative estimate of drug-likeness (QED) is 0.863. The summed E-state index contributed by atoms with van der Waals surface area (Å²) in [6.07, 6.45) is 6.24. The van der Waals surface area contributed by atoms with Crippen LogP contribution in [0.3, 0.4) is 0 Å². The number of aryl methyl sites for hydroxylation is 2. The number of benzene rings is 1. The summed E-state index contributed by atoms with van der Waals surface area (Å²) in [5.41, 5.74) is 2.96. The highest BCUT2D eigenvalue weighted by molar-refractivity contribution is 5.78. The van der Waals surface area contributed by atoms with Gasteiger partial charge in [0.2, 0.25) is 5.91 Å². The zero-order valence-corrected chi connectivity index (χ0v) is 14.9. The lowest BCUT2D eigenvalue weighted by molar-refractivity contribution is -0.121. The van der Waals surface area contributed by atoms with Gasteiger partial charge in [-0.25, -0.2) is 4.98 Å². The summed E-state index contributed by atoms with van der Waals surface area (Å²) in [7, 11) is 0. The summed E-state index contributed by atoms with van der Waals surface area (Å²) in [5.74, 6) is 0.834. The van der Waals surface area contributed by atoms with E-state index in [4.69, 9.17) is 0 Å². The van der Waals surface area contributed by atoms with Crippen molar-refractivity contribution < 1.29 is 9.90 Å². The topological polar surface area (TPSA) is 65.5 Å². The van der Waals surface area contributed by atoms with Gasteiger partial charge in [-0.05, 0) is 54.5 Å². The van der Waals surface area contributed by atoms with E-state index < -0.39 is 5.60 Å². The summed E-state index contributed by atoms with van der Waals surface area (Å²) in [6, 6.07) is 12.1. The fraction of sp³-hybridized carbons (Fsp3) is 0.429. The highest BCUT2D eigenvalue weighted by Crippen LogP contribution is 2.25. The number of aromatic nitrogens is 1. The Morgan fingerprint density at radius 2 is 2.12 bits per heavy atom. The van der Waals surface area contributed by atoms with Crippen molar-refractivity contribution in [2.75, 3.05) is 24.5 Å². The van der Waals surface area contributed by atoms with Crippen LogP contribution in [0.1, 0.15) is 29.5 Å². The molecular formula is C21H25N3O2. The van der Waals surface area contributed by atoms with Crippen molar-refractivity contribution in [1.29, 1.82) is 0 Å². The zero-order chi connectivity index (χ0) is 18.0. The van der Waals surface area contributed by atoms with Gasteiger partial charge in [0, 0.05) is 25.8 Å². The van der Waals surface area contributed by atoms with Gasteiger partial charge in [-0.1, -0.05) is 24.3 Å². The van der Waals surface area contributed by atoms with Crippen LogP contribution in [-0.4, -0.2) is 41.2 Å². The Morgan fingerprint density at radius 3 is 2.96 bits per heavy atom. The molecule has 2 aromatic rings. The van der Waals surface area contributed by atoms with Gasteiger partial charge in [-0.2, -0.15) is 0 Å². The zero-order valence-electron chi connectivity index (χ0n) is 14.9. The monoisotopic (exact) mass is 351 g/mol. The molecule has 0 bridgehead atoms. The molecule has 0 spiro atoms. The second-order valence-electron chi connectivity index (χ2n) is 7.49. The Balaban J connectivity index is 1.30. The van der Waals surface area contributed by atoms with Crippen molar-refractivity contribution in [2.24, 2.45) is 0 Å². The molecule has 1 aliphatic carbocycles. The molecule has 5 heteroatoms. The molecule has 0 saturated carbocycles. The highest BCUT2D eigenvalue weighted by atomic mass is 16.3. The van der Waals surface area contributed by atoms with E-state index in [1.54, 1.807) is 6.20 Å². The first kappa shape index (κ1) is 17.0. The average molecular weight is 351 g/mol. The molecule has 1 aromatic heterocycles. The van der Waals surface area contributed by atoms with Crippen LogP contribution in [0.4, 0.5) is 5.82 Å². The Labute approximate surface area is 154 Å². The van der Waals surface area contributed by atoms with E-state index in [1.165, 1.54) is 17.5 Å². The number of nitrogens with zero attached hydrogens (tertiary/aromatic N) is 2. The lowest BCUT2D eigenvalue weighted by Crippen LogP contribution is -2.45. The van der Waals surface area contributed by atoms with Crippen molar-refractivity contribution in [3.05, 3.63) is 59.3 Å². The molecule has 5 nitrogen and oxygen atoms in total. The van der Waals surface area contributed by atoms with Crippen LogP contribution in [0, 0.1) is 0 Å². The van der Waals surface area contributed by atoms with Gasteiger partial charge >= 0.3 is 0 Å². The van der Waals surface area contributed by atoms with E-state index in [9.17, 15) is 9.90 Å². The molecule has 4 rings (SSSR count). The lowest BCUT2D eigenvalue weighted by Gasteiger charge is -2.24. The van der Waals surface area contributed by atoms with Crippen LogP contribution < -0.4 is 10.2 Å². The SMILES string of the molecule is O=C(Cc1ccc2c(c1)CCC2)NC[C@]1(O)CCN(c2ccccn2)C1. The lowest BCUT2D eigenvalue weighted by atomic mass is 10.0. The molecule has 1 amide bonds. The van der Waals surface area contributed by atoms with Gasteiger partial charge in [0.05, 0.1) is 6.42 Å². The highest BCUT2D eigenvalue weighted by Gasteiger charge is 2.36. The molecule has 0 radical (unpaired) electrons. The fourth-order valence-corrected chi connectivity index (χ4v) is 3.98. The van der Waals surface area contributed by atoms with Gasteiger partial charge in [0.1, 0.15) is 11.4 Å². The van der Waals surface area contributed by atoms with E-state index >= 15 is 0 Å². The molecule has 2 heterocycles. The van der Waals surface area contributed by atoms with E-state index in [1.807, 2.05) is 18.2 Å². The first-order chi connectivity index (χ1) is 12.6. The molecule has 1 atom stereocenters. The van der Waals surface area contributed by atoms with Gasteiger partial charge in [0.25, 0.3) is 0 Å². The Kier molecular flexibility index (Phi) is 4.64. The fourth-order valence-electron chi connectivity index (χ4n) is 3.98. The standard InChI is InChI=1S/C21H25N3O2/c25-20(13-16-7-8-17-4-3-5-18(17)12-16)23-14-21(26)9-11-24(15-21)19-6-1-2-10-22-19/h1-2,6-8,10,12,26H,3-5,9,11,13-15H2,(H,23,25)/t21-/m1/s1. The van der Waals surface area contributed by atoms with Crippen LogP contribution in [0.15, 0.2) is 42.6 Å².